The molecule has 1 aliphatic carbocycles. The van der Waals surface area contributed by atoms with Gasteiger partial charge in [-0.3, -0.25) is 9.59 Å². The first-order valence-electron chi connectivity index (χ1n) is 9.26. The summed E-state index contributed by atoms with van der Waals surface area (Å²) in [5, 5.41) is 5.41. The molecule has 2 aliphatic rings. The van der Waals surface area contributed by atoms with Gasteiger partial charge in [0.2, 0.25) is 11.8 Å². The van der Waals surface area contributed by atoms with Crippen molar-refractivity contribution < 1.29 is 14.0 Å². The maximum Gasteiger partial charge on any atom is 0.233 e. The molecule has 0 unspecified atom stereocenters. The lowest BCUT2D eigenvalue weighted by Gasteiger charge is -2.34. The summed E-state index contributed by atoms with van der Waals surface area (Å²) >= 11 is 1.42. The van der Waals surface area contributed by atoms with E-state index in [0.29, 0.717) is 31.1 Å². The first kappa shape index (κ1) is 18.1. The highest BCUT2D eigenvalue weighted by atomic mass is 32.1. The number of amides is 2. The van der Waals surface area contributed by atoms with E-state index in [1.807, 2.05) is 17.2 Å². The quantitative estimate of drug-likeness (QED) is 0.873. The molecule has 1 saturated heterocycles. The van der Waals surface area contributed by atoms with Gasteiger partial charge in [0.05, 0.1) is 11.1 Å². The zero-order chi connectivity index (χ0) is 19.0. The van der Waals surface area contributed by atoms with Crippen LogP contribution in [-0.2, 0) is 15.0 Å². The average molecular weight is 387 g/mol. The first-order valence-corrected chi connectivity index (χ1v) is 10.1. The van der Waals surface area contributed by atoms with Crippen LogP contribution in [0.25, 0.3) is 0 Å². The topological polar surface area (TPSA) is 62.3 Å². The number of hydrogen-bond donors (Lipinski definition) is 1. The third kappa shape index (κ3) is 3.60. The Bertz CT molecular complexity index is 852. The number of thiazole rings is 1. The Morgan fingerprint density at radius 3 is 2.44 bits per heavy atom. The molecule has 2 fully saturated rings. The normalized spacial score (nSPS) is 19.0. The molecule has 1 aliphatic heterocycles. The van der Waals surface area contributed by atoms with Crippen molar-refractivity contribution in [3.05, 3.63) is 46.7 Å². The Kier molecular flexibility index (Phi) is 4.72. The predicted octanol–water partition coefficient (Wildman–Crippen LogP) is 3.50. The van der Waals surface area contributed by atoms with Crippen molar-refractivity contribution >= 4 is 28.3 Å². The molecule has 2 amide bonds. The van der Waals surface area contributed by atoms with Crippen LogP contribution in [0.15, 0.2) is 29.6 Å². The van der Waals surface area contributed by atoms with Gasteiger partial charge in [-0.1, -0.05) is 12.1 Å². The van der Waals surface area contributed by atoms with E-state index in [2.05, 4.69) is 10.3 Å². The Balaban J connectivity index is 1.35. The Morgan fingerprint density at radius 1 is 1.22 bits per heavy atom. The summed E-state index contributed by atoms with van der Waals surface area (Å²) in [5.74, 6) is -0.289. The number of halogens is 1. The fourth-order valence-corrected chi connectivity index (χ4v) is 4.48. The lowest BCUT2D eigenvalue weighted by molar-refractivity contribution is -0.137. The lowest BCUT2D eigenvalue weighted by Crippen LogP contribution is -2.45. The summed E-state index contributed by atoms with van der Waals surface area (Å²) in [6.07, 6.45) is 2.92. The number of nitrogens with zero attached hydrogens (tertiary/aromatic N) is 2. The average Bonchev–Trinajstić information content (AvgIpc) is 3.39. The Hall–Kier alpha value is -2.28. The molecular formula is C20H22FN3O2S. The summed E-state index contributed by atoms with van der Waals surface area (Å²) in [7, 11) is 0. The number of carbonyl (C=O) groups excluding carboxylic acids is 2. The molecule has 27 heavy (non-hydrogen) atoms. The summed E-state index contributed by atoms with van der Waals surface area (Å²) < 4.78 is 13.2. The van der Waals surface area contributed by atoms with Crippen LogP contribution in [-0.4, -0.2) is 34.8 Å². The summed E-state index contributed by atoms with van der Waals surface area (Å²) in [5.41, 5.74) is 1.31. The van der Waals surface area contributed by atoms with E-state index in [9.17, 15) is 14.0 Å². The van der Waals surface area contributed by atoms with Gasteiger partial charge in [-0.25, -0.2) is 9.37 Å². The van der Waals surface area contributed by atoms with Crippen molar-refractivity contribution in [3.8, 4) is 0 Å². The number of likely N-dealkylation sites (tertiary alicyclic amines) is 1. The van der Waals surface area contributed by atoms with Crippen LogP contribution < -0.4 is 5.32 Å². The monoisotopic (exact) mass is 387 g/mol. The highest BCUT2D eigenvalue weighted by Gasteiger charge is 2.53. The first-order chi connectivity index (χ1) is 13.0. The number of aryl methyl sites for hydroxylation is 1. The third-order valence-electron chi connectivity index (χ3n) is 5.56. The van der Waals surface area contributed by atoms with Gasteiger partial charge in [-0.2, -0.15) is 0 Å². The molecular weight excluding hydrogens is 365 g/mol. The standard InChI is InChI=1S/C20H22FN3O2S/c1-13-12-27-19(22-13)23-17(25)14-6-10-24(11-7-14)18(26)20(8-9-20)15-2-4-16(21)5-3-15/h2-5,12,14H,6-11H2,1H3,(H,22,23,25). The van der Waals surface area contributed by atoms with E-state index in [1.165, 1.54) is 23.5 Å². The van der Waals surface area contributed by atoms with Gasteiger partial charge >= 0.3 is 0 Å². The van der Waals surface area contributed by atoms with Crippen molar-refractivity contribution in [1.82, 2.24) is 9.88 Å². The van der Waals surface area contributed by atoms with E-state index >= 15 is 0 Å². The number of aromatic nitrogens is 1. The van der Waals surface area contributed by atoms with Crippen LogP contribution in [0.1, 0.15) is 36.9 Å². The maximum atomic E-state index is 13.2. The largest absolute Gasteiger partial charge is 0.342 e. The number of hydrogen-bond acceptors (Lipinski definition) is 4. The van der Waals surface area contributed by atoms with Crippen LogP contribution in [0.5, 0.6) is 0 Å². The van der Waals surface area contributed by atoms with Crippen molar-refractivity contribution in [2.24, 2.45) is 5.92 Å². The van der Waals surface area contributed by atoms with E-state index in [1.54, 1.807) is 12.1 Å². The van der Waals surface area contributed by atoms with E-state index in [-0.39, 0.29) is 23.5 Å². The second-order valence-corrected chi connectivity index (χ2v) is 8.30. The van der Waals surface area contributed by atoms with Gasteiger partial charge in [0.15, 0.2) is 5.13 Å². The minimum atomic E-state index is -0.485. The molecule has 7 heteroatoms. The summed E-state index contributed by atoms with van der Waals surface area (Å²) in [6, 6.07) is 6.27. The molecule has 1 aromatic carbocycles. The minimum Gasteiger partial charge on any atom is -0.342 e. The molecule has 2 heterocycles. The van der Waals surface area contributed by atoms with Gasteiger partial charge in [0.25, 0.3) is 0 Å². The van der Waals surface area contributed by atoms with E-state index < -0.39 is 5.41 Å². The van der Waals surface area contributed by atoms with Gasteiger partial charge < -0.3 is 10.2 Å². The van der Waals surface area contributed by atoms with Crippen molar-refractivity contribution in [2.75, 3.05) is 18.4 Å². The molecule has 0 spiro atoms. The highest BCUT2D eigenvalue weighted by molar-refractivity contribution is 7.13. The highest BCUT2D eigenvalue weighted by Crippen LogP contribution is 2.50. The molecule has 5 nitrogen and oxygen atoms in total. The van der Waals surface area contributed by atoms with Crippen molar-refractivity contribution in [2.45, 2.75) is 38.0 Å². The zero-order valence-corrected chi connectivity index (χ0v) is 16.0. The number of rotatable bonds is 4. The molecule has 0 atom stereocenters. The lowest BCUT2D eigenvalue weighted by atomic mass is 9.91. The minimum absolute atomic E-state index is 0.0175. The molecule has 1 aromatic heterocycles. The summed E-state index contributed by atoms with van der Waals surface area (Å²) in [6.45, 7) is 3.05. The van der Waals surface area contributed by atoms with Crippen molar-refractivity contribution in [3.63, 3.8) is 0 Å². The van der Waals surface area contributed by atoms with E-state index in [0.717, 1.165) is 24.1 Å². The number of benzene rings is 1. The van der Waals surface area contributed by atoms with Crippen LogP contribution in [0.4, 0.5) is 9.52 Å². The molecule has 0 bridgehead atoms. The van der Waals surface area contributed by atoms with Crippen LogP contribution in [0, 0.1) is 18.7 Å². The zero-order valence-electron chi connectivity index (χ0n) is 15.2. The van der Waals surface area contributed by atoms with Crippen molar-refractivity contribution in [1.29, 1.82) is 0 Å². The van der Waals surface area contributed by atoms with Gasteiger partial charge in [-0.05, 0) is 50.3 Å². The molecule has 2 aromatic rings. The van der Waals surface area contributed by atoms with E-state index in [4.69, 9.17) is 0 Å². The van der Waals surface area contributed by atoms with Gasteiger partial charge in [-0.15, -0.1) is 11.3 Å². The Labute approximate surface area is 161 Å². The molecule has 0 radical (unpaired) electrons. The second kappa shape index (κ2) is 7.03. The molecule has 1 saturated carbocycles. The number of nitrogens with one attached hydrogen (secondary N) is 1. The fraction of sp³-hybridized carbons (Fsp3) is 0.450. The van der Waals surface area contributed by atoms with Gasteiger partial charge in [0, 0.05) is 24.4 Å². The number of anilines is 1. The number of piperidine rings is 1. The van der Waals surface area contributed by atoms with Crippen LogP contribution in [0.2, 0.25) is 0 Å². The third-order valence-corrected chi connectivity index (χ3v) is 6.43. The van der Waals surface area contributed by atoms with Gasteiger partial charge in [0.1, 0.15) is 5.82 Å². The molecule has 4 rings (SSSR count). The maximum absolute atomic E-state index is 13.2. The molecule has 142 valence electrons. The second-order valence-electron chi connectivity index (χ2n) is 7.44. The molecule has 1 N–H and O–H groups in total. The van der Waals surface area contributed by atoms with Crippen LogP contribution >= 0.6 is 11.3 Å². The fourth-order valence-electron chi connectivity index (χ4n) is 3.79. The number of carbonyl (C=O) groups is 2. The summed E-state index contributed by atoms with van der Waals surface area (Å²) in [4.78, 5) is 31.6. The Morgan fingerprint density at radius 2 is 1.89 bits per heavy atom. The smallest absolute Gasteiger partial charge is 0.233 e. The SMILES string of the molecule is Cc1csc(NC(=O)C2CCN(C(=O)C3(c4ccc(F)cc4)CC3)CC2)n1. The van der Waals surface area contributed by atoms with Crippen LogP contribution in [0.3, 0.4) is 0 Å². The predicted molar refractivity (Wildman–Crippen MR) is 102 cm³/mol.